The van der Waals surface area contributed by atoms with Crippen molar-refractivity contribution >= 4 is 16.1 Å². The number of hydrogen-bond donors (Lipinski definition) is 0. The fourth-order valence-corrected chi connectivity index (χ4v) is 2.61. The Hall–Kier alpha value is -2.14. The van der Waals surface area contributed by atoms with E-state index in [0.29, 0.717) is 5.56 Å². The Morgan fingerprint density at radius 1 is 1.05 bits per heavy atom. The molecule has 0 saturated carbocycles. The number of rotatable bonds is 5. The van der Waals surface area contributed by atoms with Crippen molar-refractivity contribution in [3.63, 3.8) is 0 Å². The fraction of sp³-hybridized carbons (Fsp3) is 0.125. The number of sulfonamides is 1. The lowest BCUT2D eigenvalue weighted by molar-refractivity contribution is 0.387. The van der Waals surface area contributed by atoms with Crippen molar-refractivity contribution in [3.05, 3.63) is 77.7 Å². The van der Waals surface area contributed by atoms with Crippen LogP contribution in [0.4, 0.5) is 4.39 Å². The van der Waals surface area contributed by atoms with Gasteiger partial charge in [-0.05, 0) is 17.2 Å². The first kappa shape index (κ1) is 15.3. The van der Waals surface area contributed by atoms with E-state index in [4.69, 9.17) is 0 Å². The molecule has 0 aliphatic heterocycles. The molecule has 0 amide bonds. The molecule has 21 heavy (non-hydrogen) atoms. The Morgan fingerprint density at radius 2 is 1.57 bits per heavy atom. The maximum Gasteiger partial charge on any atom is 0.234 e. The van der Waals surface area contributed by atoms with Crippen molar-refractivity contribution in [3.8, 4) is 0 Å². The van der Waals surface area contributed by atoms with Gasteiger partial charge in [-0.1, -0.05) is 60.7 Å². The van der Waals surface area contributed by atoms with E-state index in [0.717, 1.165) is 16.1 Å². The van der Waals surface area contributed by atoms with E-state index in [-0.39, 0.29) is 6.54 Å². The molecule has 2 rings (SSSR count). The Balaban J connectivity index is 2.31. The molecular formula is C16H16FNO2S. The third-order valence-corrected chi connectivity index (χ3v) is 4.00. The van der Waals surface area contributed by atoms with E-state index >= 15 is 0 Å². The summed E-state index contributed by atoms with van der Waals surface area (Å²) in [5.41, 5.74) is 1.33. The van der Waals surface area contributed by atoms with Crippen LogP contribution in [0.25, 0.3) is 6.08 Å². The first-order chi connectivity index (χ1) is 9.97. The number of halogens is 1. The molecule has 2 aromatic rings. The highest BCUT2D eigenvalue weighted by atomic mass is 32.2. The Morgan fingerprint density at radius 3 is 2.10 bits per heavy atom. The first-order valence-corrected chi connectivity index (χ1v) is 8.25. The molecule has 3 nitrogen and oxygen atoms in total. The summed E-state index contributed by atoms with van der Waals surface area (Å²) in [6.07, 6.45) is 2.21. The molecule has 0 fully saturated rings. The summed E-state index contributed by atoms with van der Waals surface area (Å²) in [6, 6.07) is 17.7. The molecule has 5 heteroatoms. The standard InChI is InChI=1S/C16H16FNO2S/c1-21(19,20)18(13-15-10-6-3-7-11-15)16(17)12-14-8-4-2-5-9-14/h2-12H,13H2,1H3/b16-12+. The molecule has 0 N–H and O–H groups in total. The average Bonchev–Trinajstić information content (AvgIpc) is 2.45. The van der Waals surface area contributed by atoms with Crippen molar-refractivity contribution in [1.29, 1.82) is 0 Å². The second kappa shape index (κ2) is 6.54. The van der Waals surface area contributed by atoms with Crippen molar-refractivity contribution < 1.29 is 12.8 Å². The zero-order chi connectivity index (χ0) is 15.3. The van der Waals surface area contributed by atoms with Crippen LogP contribution in [0, 0.1) is 0 Å². The van der Waals surface area contributed by atoms with Crippen molar-refractivity contribution in [2.75, 3.05) is 6.26 Å². The molecule has 2 aromatic carbocycles. The van der Waals surface area contributed by atoms with Gasteiger partial charge in [0.25, 0.3) is 0 Å². The van der Waals surface area contributed by atoms with E-state index in [2.05, 4.69) is 0 Å². The summed E-state index contributed by atoms with van der Waals surface area (Å²) in [4.78, 5) is 0. The van der Waals surface area contributed by atoms with Crippen molar-refractivity contribution in [1.82, 2.24) is 4.31 Å². The molecule has 0 saturated heterocycles. The van der Waals surface area contributed by atoms with Gasteiger partial charge in [-0.3, -0.25) is 0 Å². The second-order valence-electron chi connectivity index (χ2n) is 4.63. The Kier molecular flexibility index (Phi) is 4.75. The highest BCUT2D eigenvalue weighted by molar-refractivity contribution is 7.88. The quantitative estimate of drug-likeness (QED) is 0.794. The van der Waals surface area contributed by atoms with Gasteiger partial charge in [0, 0.05) is 0 Å². The molecule has 0 aromatic heterocycles. The molecule has 0 spiro atoms. The monoisotopic (exact) mass is 305 g/mol. The summed E-state index contributed by atoms with van der Waals surface area (Å²) in [7, 11) is -3.69. The molecule has 0 atom stereocenters. The molecule has 110 valence electrons. The number of benzene rings is 2. The van der Waals surface area contributed by atoms with E-state index in [9.17, 15) is 12.8 Å². The molecule has 0 aliphatic rings. The molecule has 0 unspecified atom stereocenters. The highest BCUT2D eigenvalue weighted by Gasteiger charge is 2.20. The van der Waals surface area contributed by atoms with Gasteiger partial charge < -0.3 is 0 Å². The predicted molar refractivity (Wildman–Crippen MR) is 82.4 cm³/mol. The lowest BCUT2D eigenvalue weighted by Gasteiger charge is -2.20. The number of hydrogen-bond acceptors (Lipinski definition) is 2. The van der Waals surface area contributed by atoms with E-state index in [1.54, 1.807) is 48.5 Å². The maximum atomic E-state index is 14.3. The molecule has 0 heterocycles. The van der Waals surface area contributed by atoms with Crippen LogP contribution >= 0.6 is 0 Å². The summed E-state index contributed by atoms with van der Waals surface area (Å²) in [5.74, 6) is -0.799. The molecular weight excluding hydrogens is 289 g/mol. The van der Waals surface area contributed by atoms with E-state index in [1.807, 2.05) is 12.1 Å². The van der Waals surface area contributed by atoms with Gasteiger partial charge in [-0.15, -0.1) is 0 Å². The van der Waals surface area contributed by atoms with Gasteiger partial charge in [-0.2, -0.15) is 4.39 Å². The maximum absolute atomic E-state index is 14.3. The van der Waals surface area contributed by atoms with Crippen LogP contribution in [0.1, 0.15) is 11.1 Å². The van der Waals surface area contributed by atoms with Crippen LogP contribution in [0.5, 0.6) is 0 Å². The molecule has 0 bridgehead atoms. The van der Waals surface area contributed by atoms with Crippen LogP contribution in [0.15, 0.2) is 66.6 Å². The first-order valence-electron chi connectivity index (χ1n) is 6.41. The zero-order valence-corrected chi connectivity index (χ0v) is 12.4. The molecule has 0 aliphatic carbocycles. The minimum Gasteiger partial charge on any atom is -0.241 e. The SMILES string of the molecule is CS(=O)(=O)N(Cc1ccccc1)/C(F)=C/c1ccccc1. The average molecular weight is 305 g/mol. The van der Waals surface area contributed by atoms with Crippen LogP contribution in [0.2, 0.25) is 0 Å². The Bertz CT molecular complexity index is 712. The predicted octanol–water partition coefficient (Wildman–Crippen LogP) is 3.42. The summed E-state index contributed by atoms with van der Waals surface area (Å²) in [5, 5.41) is 0. The minimum atomic E-state index is -3.69. The van der Waals surface area contributed by atoms with Crippen LogP contribution in [0.3, 0.4) is 0 Å². The third-order valence-electron chi connectivity index (χ3n) is 2.89. The fourth-order valence-electron chi connectivity index (χ4n) is 1.86. The summed E-state index contributed by atoms with van der Waals surface area (Å²) in [6.45, 7) is -0.0329. The zero-order valence-electron chi connectivity index (χ0n) is 11.6. The Labute approximate surface area is 124 Å². The van der Waals surface area contributed by atoms with Crippen LogP contribution in [-0.4, -0.2) is 19.0 Å². The molecule has 0 radical (unpaired) electrons. The van der Waals surface area contributed by atoms with Crippen LogP contribution < -0.4 is 0 Å². The van der Waals surface area contributed by atoms with E-state index < -0.39 is 16.0 Å². The minimum absolute atomic E-state index is 0.0329. The van der Waals surface area contributed by atoms with Gasteiger partial charge in [0.1, 0.15) is 0 Å². The van der Waals surface area contributed by atoms with Gasteiger partial charge in [0.05, 0.1) is 12.8 Å². The lowest BCUT2D eigenvalue weighted by atomic mass is 10.2. The van der Waals surface area contributed by atoms with E-state index in [1.165, 1.54) is 6.08 Å². The topological polar surface area (TPSA) is 37.4 Å². The summed E-state index contributed by atoms with van der Waals surface area (Å²) < 4.78 is 38.7. The summed E-state index contributed by atoms with van der Waals surface area (Å²) >= 11 is 0. The number of nitrogens with zero attached hydrogens (tertiary/aromatic N) is 1. The third kappa shape index (κ3) is 4.43. The van der Waals surface area contributed by atoms with Gasteiger partial charge >= 0.3 is 0 Å². The second-order valence-corrected chi connectivity index (χ2v) is 6.54. The van der Waals surface area contributed by atoms with Crippen molar-refractivity contribution in [2.45, 2.75) is 6.54 Å². The smallest absolute Gasteiger partial charge is 0.234 e. The normalized spacial score (nSPS) is 12.2. The highest BCUT2D eigenvalue weighted by Crippen LogP contribution is 2.19. The van der Waals surface area contributed by atoms with Crippen molar-refractivity contribution in [2.24, 2.45) is 0 Å². The van der Waals surface area contributed by atoms with Gasteiger partial charge in [0.2, 0.25) is 16.0 Å². The van der Waals surface area contributed by atoms with Crippen LogP contribution in [-0.2, 0) is 16.6 Å². The van der Waals surface area contributed by atoms with Gasteiger partial charge in [-0.25, -0.2) is 12.7 Å². The largest absolute Gasteiger partial charge is 0.241 e. The lowest BCUT2D eigenvalue weighted by Crippen LogP contribution is -2.27. The van der Waals surface area contributed by atoms with Gasteiger partial charge in [0.15, 0.2) is 0 Å².